The molecule has 0 aliphatic carbocycles. The maximum absolute atomic E-state index is 13.4. The molecule has 0 saturated heterocycles. The van der Waals surface area contributed by atoms with Gasteiger partial charge in [-0.3, -0.25) is 9.59 Å². The average molecular weight is 524 g/mol. The Balaban J connectivity index is 1.24. The molecule has 8 nitrogen and oxygen atoms in total. The first-order valence-corrected chi connectivity index (χ1v) is 13.1. The van der Waals surface area contributed by atoms with Crippen LogP contribution in [0.2, 0.25) is 0 Å². The van der Waals surface area contributed by atoms with Gasteiger partial charge in [0.05, 0.1) is 13.2 Å². The molecule has 200 valence electrons. The van der Waals surface area contributed by atoms with E-state index in [2.05, 4.69) is 33.5 Å². The minimum absolute atomic E-state index is 0.402. The summed E-state index contributed by atoms with van der Waals surface area (Å²) < 4.78 is 7.49. The zero-order valence-corrected chi connectivity index (χ0v) is 22.5. The fraction of sp³-hybridized carbons (Fsp3) is 0.258. The van der Waals surface area contributed by atoms with E-state index in [0.717, 1.165) is 47.1 Å². The summed E-state index contributed by atoms with van der Waals surface area (Å²) in [6.45, 7) is 7.00. The number of aromatic nitrogens is 2. The van der Waals surface area contributed by atoms with Crippen LogP contribution >= 0.6 is 0 Å². The smallest absolute Gasteiger partial charge is 0.298 e. The van der Waals surface area contributed by atoms with Crippen molar-refractivity contribution in [1.29, 1.82) is 0 Å². The molecule has 39 heavy (non-hydrogen) atoms. The lowest BCUT2D eigenvalue weighted by atomic mass is 10.0. The number of benzene rings is 2. The van der Waals surface area contributed by atoms with E-state index in [1.165, 1.54) is 5.56 Å². The molecule has 0 saturated carbocycles. The highest BCUT2D eigenvalue weighted by molar-refractivity contribution is 6.47. The number of fused-ring (bicyclic) bond motifs is 1. The molecule has 0 spiro atoms. The van der Waals surface area contributed by atoms with Gasteiger partial charge in [0.2, 0.25) is 0 Å². The number of carbonyl (C=O) groups is 2. The molecule has 8 heteroatoms. The van der Waals surface area contributed by atoms with Crippen molar-refractivity contribution in [3.05, 3.63) is 95.4 Å². The van der Waals surface area contributed by atoms with Crippen LogP contribution in [0.4, 0.5) is 17.2 Å². The molecule has 1 aliphatic heterocycles. The van der Waals surface area contributed by atoms with Crippen molar-refractivity contribution >= 4 is 28.9 Å². The molecule has 3 heterocycles. The minimum Gasteiger partial charge on any atom is -0.373 e. The summed E-state index contributed by atoms with van der Waals surface area (Å²) in [5.74, 6) is -0.351. The van der Waals surface area contributed by atoms with Crippen molar-refractivity contribution in [2.45, 2.75) is 27.0 Å². The fourth-order valence-electron chi connectivity index (χ4n) is 4.90. The molecular formula is C31H33N5O3. The molecule has 0 bridgehead atoms. The van der Waals surface area contributed by atoms with Crippen molar-refractivity contribution < 1.29 is 14.3 Å². The van der Waals surface area contributed by atoms with Crippen LogP contribution in [0.25, 0.3) is 11.1 Å². The number of rotatable bonds is 9. The van der Waals surface area contributed by atoms with Crippen LogP contribution in [0.3, 0.4) is 0 Å². The van der Waals surface area contributed by atoms with E-state index in [1.807, 2.05) is 85.3 Å². The van der Waals surface area contributed by atoms with E-state index in [-0.39, 0.29) is 0 Å². The van der Waals surface area contributed by atoms with Crippen LogP contribution in [0.1, 0.15) is 27.4 Å². The topological polar surface area (TPSA) is 88.5 Å². The Labute approximate surface area is 228 Å². The molecular weight excluding hydrogens is 490 g/mol. The van der Waals surface area contributed by atoms with Crippen molar-refractivity contribution in [1.82, 2.24) is 9.55 Å². The molecule has 0 radical (unpaired) electrons. The second-order valence-corrected chi connectivity index (χ2v) is 9.82. The van der Waals surface area contributed by atoms with Gasteiger partial charge in [-0.2, -0.15) is 0 Å². The van der Waals surface area contributed by atoms with Crippen molar-refractivity contribution in [3.63, 3.8) is 0 Å². The fourth-order valence-corrected chi connectivity index (χ4v) is 4.90. The first kappa shape index (κ1) is 26.2. The predicted molar refractivity (Wildman–Crippen MR) is 154 cm³/mol. The number of nitrogens with one attached hydrogen (secondary N) is 2. The highest BCUT2D eigenvalue weighted by Gasteiger charge is 2.28. The lowest BCUT2D eigenvalue weighted by Crippen LogP contribution is -2.28. The number of carbonyl (C=O) groups excluding carboxylic acids is 2. The van der Waals surface area contributed by atoms with Gasteiger partial charge in [0.15, 0.2) is 0 Å². The van der Waals surface area contributed by atoms with Crippen LogP contribution < -0.4 is 15.5 Å². The molecule has 0 unspecified atom stereocenters. The maximum Gasteiger partial charge on any atom is 0.298 e. The summed E-state index contributed by atoms with van der Waals surface area (Å²) in [4.78, 5) is 33.2. The number of Topliss-reactive ketones (excluding diaryl/α,β-unsaturated/α-hetero) is 1. The summed E-state index contributed by atoms with van der Waals surface area (Å²) in [7, 11) is 2.01. The van der Waals surface area contributed by atoms with Gasteiger partial charge in [-0.1, -0.05) is 30.3 Å². The molecule has 4 aromatic rings. The Hall–Kier alpha value is -4.43. The first-order valence-electron chi connectivity index (χ1n) is 13.1. The molecule has 2 aromatic heterocycles. The zero-order chi connectivity index (χ0) is 27.4. The Bertz CT molecular complexity index is 1460. The van der Waals surface area contributed by atoms with Crippen LogP contribution in [-0.2, 0) is 22.7 Å². The van der Waals surface area contributed by atoms with E-state index in [1.54, 1.807) is 0 Å². The third-order valence-electron chi connectivity index (χ3n) is 6.81. The second-order valence-electron chi connectivity index (χ2n) is 9.82. The first-order chi connectivity index (χ1) is 18.9. The Morgan fingerprint density at radius 2 is 1.79 bits per heavy atom. The number of pyridine rings is 1. The van der Waals surface area contributed by atoms with Gasteiger partial charge in [-0.15, -0.1) is 0 Å². The number of anilines is 3. The Morgan fingerprint density at radius 3 is 2.54 bits per heavy atom. The van der Waals surface area contributed by atoms with Gasteiger partial charge < -0.3 is 24.8 Å². The highest BCUT2D eigenvalue weighted by atomic mass is 16.5. The zero-order valence-electron chi connectivity index (χ0n) is 22.5. The van der Waals surface area contributed by atoms with Gasteiger partial charge in [0.1, 0.15) is 11.5 Å². The number of hydrogen-bond donors (Lipinski definition) is 2. The van der Waals surface area contributed by atoms with Crippen LogP contribution in [0, 0.1) is 13.8 Å². The summed E-state index contributed by atoms with van der Waals surface area (Å²) >= 11 is 0. The number of ether oxygens (including phenoxy) is 1. The highest BCUT2D eigenvalue weighted by Crippen LogP contribution is 2.30. The average Bonchev–Trinajstić information content (AvgIpc) is 3.32. The van der Waals surface area contributed by atoms with Gasteiger partial charge in [-0.25, -0.2) is 4.98 Å². The number of aryl methyl sites for hydroxylation is 2. The van der Waals surface area contributed by atoms with Crippen LogP contribution in [0.5, 0.6) is 0 Å². The molecule has 2 aromatic carbocycles. The SMILES string of the molecule is Cc1cc(C)nc(NCCN(C)c2ccc(NC(=O)C(=O)c3c(-c4ccccc4)cc4n3CCOC4)cc2)c1. The molecule has 1 amide bonds. The number of likely N-dealkylation sites (N-methyl/N-ethyl adjacent to an activating group) is 1. The lowest BCUT2D eigenvalue weighted by Gasteiger charge is -2.20. The van der Waals surface area contributed by atoms with Crippen molar-refractivity contribution in [2.24, 2.45) is 0 Å². The van der Waals surface area contributed by atoms with Crippen LogP contribution in [-0.4, -0.2) is 48.0 Å². The van der Waals surface area contributed by atoms with E-state index in [0.29, 0.717) is 31.1 Å². The van der Waals surface area contributed by atoms with E-state index >= 15 is 0 Å². The molecule has 0 fully saturated rings. The molecule has 2 N–H and O–H groups in total. The summed E-state index contributed by atoms with van der Waals surface area (Å²) in [5, 5.41) is 6.16. The van der Waals surface area contributed by atoms with Crippen LogP contribution in [0.15, 0.2) is 72.8 Å². The van der Waals surface area contributed by atoms with Crippen molar-refractivity contribution in [2.75, 3.05) is 42.3 Å². The molecule has 0 atom stereocenters. The van der Waals surface area contributed by atoms with Gasteiger partial charge in [0.25, 0.3) is 11.7 Å². The number of hydrogen-bond acceptors (Lipinski definition) is 6. The molecule has 1 aliphatic rings. The normalized spacial score (nSPS) is 12.5. The third-order valence-corrected chi connectivity index (χ3v) is 6.81. The van der Waals surface area contributed by atoms with Crippen molar-refractivity contribution in [3.8, 4) is 11.1 Å². The third kappa shape index (κ3) is 6.02. The monoisotopic (exact) mass is 523 g/mol. The largest absolute Gasteiger partial charge is 0.373 e. The number of nitrogens with zero attached hydrogens (tertiary/aromatic N) is 3. The molecule has 5 rings (SSSR count). The van der Waals surface area contributed by atoms with E-state index in [9.17, 15) is 9.59 Å². The summed E-state index contributed by atoms with van der Waals surface area (Å²) in [6.07, 6.45) is 0. The summed E-state index contributed by atoms with van der Waals surface area (Å²) in [6, 6.07) is 23.2. The Kier molecular flexibility index (Phi) is 7.74. The minimum atomic E-state index is -0.661. The van der Waals surface area contributed by atoms with Gasteiger partial charge in [0, 0.05) is 55.0 Å². The quantitative estimate of drug-likeness (QED) is 0.235. The second kappa shape index (κ2) is 11.5. The maximum atomic E-state index is 13.4. The number of ketones is 1. The van der Waals surface area contributed by atoms with E-state index < -0.39 is 11.7 Å². The standard InChI is InChI=1S/C31H33N5O3/c1-21-17-22(2)33-28(18-21)32-13-14-35(3)25-11-9-24(10-12-25)34-31(38)30(37)29-27(23-7-5-4-6-8-23)19-26-20-39-16-15-36(26)29/h4-12,17-19H,13-16,20H2,1-3H3,(H,32,33)(H,34,38). The predicted octanol–water partition coefficient (Wildman–Crippen LogP) is 5.07. The summed E-state index contributed by atoms with van der Waals surface area (Å²) in [5.41, 5.74) is 6.68. The Morgan fingerprint density at radius 1 is 1.03 bits per heavy atom. The van der Waals surface area contributed by atoms with Gasteiger partial charge in [-0.05, 0) is 67.4 Å². The van der Waals surface area contributed by atoms with Gasteiger partial charge >= 0.3 is 0 Å². The van der Waals surface area contributed by atoms with E-state index in [4.69, 9.17) is 4.74 Å². The number of amides is 1. The lowest BCUT2D eigenvalue weighted by molar-refractivity contribution is -0.112.